The fourth-order valence-electron chi connectivity index (χ4n) is 1.50. The molecule has 1 aromatic carbocycles. The molecule has 0 amide bonds. The van der Waals surface area contributed by atoms with Crippen LogP contribution >= 0.6 is 11.8 Å². The molecule has 0 spiro atoms. The lowest BCUT2D eigenvalue weighted by atomic mass is 10.2. The minimum absolute atomic E-state index is 0.160. The Labute approximate surface area is 119 Å². The zero-order valence-corrected chi connectivity index (χ0v) is 12.6. The van der Waals surface area contributed by atoms with Gasteiger partial charge in [-0.25, -0.2) is 0 Å². The number of benzene rings is 1. The summed E-state index contributed by atoms with van der Waals surface area (Å²) < 4.78 is 0. The molecule has 0 saturated carbocycles. The molecule has 1 unspecified atom stereocenters. The van der Waals surface area contributed by atoms with Gasteiger partial charge in [0.2, 0.25) is 0 Å². The second-order valence-corrected chi connectivity index (χ2v) is 5.82. The van der Waals surface area contributed by atoms with Gasteiger partial charge in [-0.1, -0.05) is 27.2 Å². The van der Waals surface area contributed by atoms with Crippen LogP contribution < -0.4 is 5.32 Å². The Morgan fingerprint density at radius 1 is 1.37 bits per heavy atom. The van der Waals surface area contributed by atoms with E-state index in [1.165, 1.54) is 0 Å². The molecule has 4 nitrogen and oxygen atoms in total. The first-order valence-electron chi connectivity index (χ1n) is 6.73. The Balaban J connectivity index is 2.83. The summed E-state index contributed by atoms with van der Waals surface area (Å²) in [4.78, 5) is 11.6. The first-order valence-corrected chi connectivity index (χ1v) is 7.71. The molecule has 1 N–H and O–H groups in total. The minimum atomic E-state index is -0.329. The highest BCUT2D eigenvalue weighted by atomic mass is 32.2. The van der Waals surface area contributed by atoms with Gasteiger partial charge in [-0.3, -0.25) is 10.1 Å². The van der Waals surface area contributed by atoms with E-state index in [1.54, 1.807) is 23.9 Å². The molecular formula is C14H22N2O2S. The number of thioether (sulfide) groups is 1. The van der Waals surface area contributed by atoms with Crippen molar-refractivity contribution in [2.24, 2.45) is 5.92 Å². The average molecular weight is 282 g/mol. The van der Waals surface area contributed by atoms with Gasteiger partial charge in [-0.2, -0.15) is 0 Å². The van der Waals surface area contributed by atoms with Gasteiger partial charge in [0.1, 0.15) is 0 Å². The predicted molar refractivity (Wildman–Crippen MR) is 82.1 cm³/mol. The Bertz CT molecular complexity index is 424. The summed E-state index contributed by atoms with van der Waals surface area (Å²) in [5.41, 5.74) is 0.996. The van der Waals surface area contributed by atoms with Gasteiger partial charge in [0, 0.05) is 35.0 Å². The summed E-state index contributed by atoms with van der Waals surface area (Å²) in [6, 6.07) is 5.25. The topological polar surface area (TPSA) is 55.2 Å². The molecule has 0 aliphatic carbocycles. The van der Waals surface area contributed by atoms with Crippen LogP contribution in [0.5, 0.6) is 0 Å². The highest BCUT2D eigenvalue weighted by molar-refractivity contribution is 7.99. The molecule has 0 bridgehead atoms. The van der Waals surface area contributed by atoms with Gasteiger partial charge in [0.05, 0.1) is 4.92 Å². The van der Waals surface area contributed by atoms with E-state index in [4.69, 9.17) is 0 Å². The van der Waals surface area contributed by atoms with Crippen molar-refractivity contribution in [1.29, 1.82) is 0 Å². The van der Waals surface area contributed by atoms with Crippen LogP contribution in [0.4, 0.5) is 11.4 Å². The number of hydrogen-bond acceptors (Lipinski definition) is 4. The summed E-state index contributed by atoms with van der Waals surface area (Å²) in [6.45, 7) is 7.26. The second-order valence-electron chi connectivity index (χ2n) is 4.72. The molecule has 1 atom stereocenters. The average Bonchev–Trinajstić information content (AvgIpc) is 2.42. The van der Waals surface area contributed by atoms with E-state index in [2.05, 4.69) is 26.1 Å². The lowest BCUT2D eigenvalue weighted by Gasteiger charge is -2.10. The highest BCUT2D eigenvalue weighted by Gasteiger charge is 2.10. The SMILES string of the molecule is CCCNc1cc(SCC(C)CC)cc([N+](=O)[O-])c1. The Kier molecular flexibility index (Phi) is 6.70. The zero-order chi connectivity index (χ0) is 14.3. The van der Waals surface area contributed by atoms with E-state index >= 15 is 0 Å². The molecule has 106 valence electrons. The third-order valence-corrected chi connectivity index (χ3v) is 4.22. The van der Waals surface area contributed by atoms with E-state index in [0.717, 1.165) is 35.7 Å². The number of rotatable bonds is 8. The van der Waals surface area contributed by atoms with E-state index < -0.39 is 0 Å². The maximum atomic E-state index is 10.9. The lowest BCUT2D eigenvalue weighted by Crippen LogP contribution is -2.01. The summed E-state index contributed by atoms with van der Waals surface area (Å²) in [6.07, 6.45) is 2.13. The number of hydrogen-bond donors (Lipinski definition) is 1. The summed E-state index contributed by atoms with van der Waals surface area (Å²) in [5, 5.41) is 14.2. The molecule has 1 aromatic rings. The molecule has 0 saturated heterocycles. The van der Waals surface area contributed by atoms with Crippen molar-refractivity contribution in [3.8, 4) is 0 Å². The van der Waals surface area contributed by atoms with Crippen LogP contribution in [0, 0.1) is 16.0 Å². The molecule has 5 heteroatoms. The van der Waals surface area contributed by atoms with Crippen LogP contribution in [0.3, 0.4) is 0 Å². The quantitative estimate of drug-likeness (QED) is 0.431. The third kappa shape index (κ3) is 5.51. The normalized spacial score (nSPS) is 12.2. The van der Waals surface area contributed by atoms with Crippen LogP contribution in [0.1, 0.15) is 33.6 Å². The number of nitrogens with one attached hydrogen (secondary N) is 1. The Hall–Kier alpha value is -1.23. The van der Waals surface area contributed by atoms with Gasteiger partial charge in [-0.05, 0) is 18.4 Å². The van der Waals surface area contributed by atoms with Crippen molar-refractivity contribution in [3.63, 3.8) is 0 Å². The molecular weight excluding hydrogens is 260 g/mol. The van der Waals surface area contributed by atoms with E-state index in [-0.39, 0.29) is 10.6 Å². The first-order chi connectivity index (χ1) is 9.06. The van der Waals surface area contributed by atoms with Crippen molar-refractivity contribution in [1.82, 2.24) is 0 Å². The number of nitro groups is 1. The fourth-order valence-corrected chi connectivity index (χ4v) is 2.63. The Morgan fingerprint density at radius 2 is 2.11 bits per heavy atom. The summed E-state index contributed by atoms with van der Waals surface area (Å²) >= 11 is 1.69. The number of nitro benzene ring substituents is 1. The van der Waals surface area contributed by atoms with Crippen molar-refractivity contribution in [2.75, 3.05) is 17.6 Å². The van der Waals surface area contributed by atoms with Crippen LogP contribution in [0.2, 0.25) is 0 Å². The monoisotopic (exact) mass is 282 g/mol. The lowest BCUT2D eigenvalue weighted by molar-refractivity contribution is -0.385. The molecule has 0 aliphatic heterocycles. The molecule has 0 fully saturated rings. The highest BCUT2D eigenvalue weighted by Crippen LogP contribution is 2.29. The number of nitrogens with zero attached hydrogens (tertiary/aromatic N) is 1. The number of non-ortho nitro benzene ring substituents is 1. The van der Waals surface area contributed by atoms with Gasteiger partial charge in [0.25, 0.3) is 5.69 Å². The molecule has 0 radical (unpaired) electrons. The predicted octanol–water partition coefficient (Wildman–Crippen LogP) is 4.55. The molecule has 0 heterocycles. The van der Waals surface area contributed by atoms with Crippen molar-refractivity contribution < 1.29 is 4.92 Å². The van der Waals surface area contributed by atoms with Crippen LogP contribution in [-0.2, 0) is 0 Å². The van der Waals surface area contributed by atoms with E-state index in [1.807, 2.05) is 6.07 Å². The molecule has 0 aliphatic rings. The number of anilines is 1. The maximum absolute atomic E-state index is 10.9. The van der Waals surface area contributed by atoms with Gasteiger partial charge in [0.15, 0.2) is 0 Å². The van der Waals surface area contributed by atoms with Crippen molar-refractivity contribution >= 4 is 23.1 Å². The van der Waals surface area contributed by atoms with Crippen LogP contribution in [0.15, 0.2) is 23.1 Å². The second kappa shape index (κ2) is 8.04. The first kappa shape index (κ1) is 15.8. The zero-order valence-electron chi connectivity index (χ0n) is 11.8. The van der Waals surface area contributed by atoms with Gasteiger partial charge < -0.3 is 5.32 Å². The Morgan fingerprint density at radius 3 is 2.68 bits per heavy atom. The minimum Gasteiger partial charge on any atom is -0.385 e. The smallest absolute Gasteiger partial charge is 0.272 e. The largest absolute Gasteiger partial charge is 0.385 e. The standard InChI is InChI=1S/C14H22N2O2S/c1-4-6-15-12-7-13(16(17)18)9-14(8-12)19-10-11(3)5-2/h7-9,11,15H,4-6,10H2,1-3H3. The van der Waals surface area contributed by atoms with Gasteiger partial charge in [-0.15, -0.1) is 11.8 Å². The molecule has 19 heavy (non-hydrogen) atoms. The fraction of sp³-hybridized carbons (Fsp3) is 0.571. The van der Waals surface area contributed by atoms with Gasteiger partial charge >= 0.3 is 0 Å². The summed E-state index contributed by atoms with van der Waals surface area (Å²) in [5.74, 6) is 1.61. The van der Waals surface area contributed by atoms with Crippen LogP contribution in [0.25, 0.3) is 0 Å². The molecule has 0 aromatic heterocycles. The van der Waals surface area contributed by atoms with Crippen molar-refractivity contribution in [3.05, 3.63) is 28.3 Å². The molecule has 1 rings (SSSR count). The third-order valence-electron chi connectivity index (χ3n) is 2.91. The van der Waals surface area contributed by atoms with E-state index in [9.17, 15) is 10.1 Å². The van der Waals surface area contributed by atoms with Crippen LogP contribution in [-0.4, -0.2) is 17.2 Å². The summed E-state index contributed by atoms with van der Waals surface area (Å²) in [7, 11) is 0. The van der Waals surface area contributed by atoms with E-state index in [0.29, 0.717) is 5.92 Å². The van der Waals surface area contributed by atoms with Crippen molar-refractivity contribution in [2.45, 2.75) is 38.5 Å². The maximum Gasteiger partial charge on any atom is 0.272 e.